The van der Waals surface area contributed by atoms with Gasteiger partial charge in [0.1, 0.15) is 60.8 Å². The topological polar surface area (TPSA) is 288 Å². The van der Waals surface area contributed by atoms with Gasteiger partial charge in [-0.25, -0.2) is 29.9 Å². The molecule has 2 aliphatic rings. The summed E-state index contributed by atoms with van der Waals surface area (Å²) in [5.41, 5.74) is 11.9. The number of nitrogens with two attached hydrogens (primary N) is 2. The summed E-state index contributed by atoms with van der Waals surface area (Å²) in [5, 5.41) is 64.0. The lowest BCUT2D eigenvalue weighted by Crippen LogP contribution is -2.58. The highest BCUT2D eigenvalue weighted by Crippen LogP contribution is 2.48. The van der Waals surface area contributed by atoms with Crippen molar-refractivity contribution in [3.05, 3.63) is 25.3 Å². The number of aliphatic hydroxyl groups is 6. The number of aliphatic hydroxyl groups excluding tert-OH is 6. The van der Waals surface area contributed by atoms with Gasteiger partial charge in [0.2, 0.25) is 0 Å². The third-order valence-electron chi connectivity index (χ3n) is 6.84. The Morgan fingerprint density at radius 3 is 1.49 bits per heavy atom. The monoisotopic (exact) mass is 548 g/mol. The van der Waals surface area contributed by atoms with Crippen LogP contribution in [0.1, 0.15) is 0 Å². The average Bonchev–Trinajstić information content (AvgIpc) is 3.68. The van der Waals surface area contributed by atoms with Crippen LogP contribution in [0, 0.1) is 0 Å². The number of hydrogen-bond donors (Lipinski definition) is 8. The lowest BCUT2D eigenvalue weighted by Gasteiger charge is -2.42. The first-order valence-corrected chi connectivity index (χ1v) is 11.6. The number of hydrogen-bond acceptors (Lipinski definition) is 17. The van der Waals surface area contributed by atoms with E-state index >= 15 is 0 Å². The lowest BCUT2D eigenvalue weighted by atomic mass is 10.1. The van der Waals surface area contributed by atoms with Crippen LogP contribution in [0.4, 0.5) is 11.6 Å². The summed E-state index contributed by atoms with van der Waals surface area (Å²) in [6.07, 6.45) is -5.83. The highest BCUT2D eigenvalue weighted by molar-refractivity contribution is 5.82. The molecule has 19 nitrogen and oxygen atoms in total. The van der Waals surface area contributed by atoms with Crippen LogP contribution >= 0.6 is 0 Å². The molecule has 6 rings (SSSR count). The number of rotatable bonds is 6. The van der Waals surface area contributed by atoms with E-state index in [2.05, 4.69) is 29.9 Å². The molecule has 0 bridgehead atoms. The summed E-state index contributed by atoms with van der Waals surface area (Å²) in [6.45, 7) is -1.52. The fourth-order valence-corrected chi connectivity index (χ4v) is 4.88. The maximum Gasteiger partial charge on any atom is 0.292 e. The Bertz CT molecular complexity index is 1420. The van der Waals surface area contributed by atoms with Crippen LogP contribution < -0.4 is 11.5 Å². The van der Waals surface area contributed by atoms with Crippen LogP contribution in [-0.2, 0) is 26.0 Å². The number of nitrogen functional groups attached to an aromatic ring is 2. The second-order valence-corrected chi connectivity index (χ2v) is 9.00. The lowest BCUT2D eigenvalue weighted by molar-refractivity contribution is -0.444. The van der Waals surface area contributed by atoms with Crippen molar-refractivity contribution < 1.29 is 44.8 Å². The molecule has 0 aromatic carbocycles. The number of imidazole rings is 2. The van der Waals surface area contributed by atoms with E-state index in [0.29, 0.717) is 0 Å². The second kappa shape index (κ2) is 8.94. The van der Waals surface area contributed by atoms with Crippen molar-refractivity contribution in [2.75, 3.05) is 24.7 Å². The van der Waals surface area contributed by atoms with Crippen molar-refractivity contribution in [2.45, 2.75) is 48.4 Å². The molecule has 2 aliphatic heterocycles. The van der Waals surface area contributed by atoms with Crippen LogP contribution in [0.3, 0.4) is 0 Å². The largest absolute Gasteiger partial charge is 0.394 e. The van der Waals surface area contributed by atoms with Crippen molar-refractivity contribution in [3.63, 3.8) is 0 Å². The first-order valence-electron chi connectivity index (χ1n) is 11.6. The van der Waals surface area contributed by atoms with Gasteiger partial charge in [0.05, 0.1) is 13.2 Å². The molecular formula is C20H24N10O9. The van der Waals surface area contributed by atoms with Gasteiger partial charge >= 0.3 is 0 Å². The number of ether oxygens (including phenoxy) is 3. The zero-order valence-corrected chi connectivity index (χ0v) is 19.8. The summed E-state index contributed by atoms with van der Waals surface area (Å²) < 4.78 is 20.3. The number of anilines is 2. The zero-order valence-electron chi connectivity index (χ0n) is 19.8. The summed E-state index contributed by atoms with van der Waals surface area (Å²) in [7, 11) is 0. The molecular weight excluding hydrogens is 524 g/mol. The normalized spacial score (nSPS) is 34.9. The van der Waals surface area contributed by atoms with Crippen LogP contribution in [0.15, 0.2) is 25.3 Å². The maximum atomic E-state index is 11.4. The number of aromatic nitrogens is 8. The van der Waals surface area contributed by atoms with E-state index in [1.807, 2.05) is 0 Å². The van der Waals surface area contributed by atoms with E-state index in [4.69, 9.17) is 25.7 Å². The second-order valence-electron chi connectivity index (χ2n) is 9.00. The number of fused-ring (bicyclic) bond motifs is 2. The molecule has 0 radical (unpaired) electrons. The van der Waals surface area contributed by atoms with Gasteiger partial charge in [-0.3, -0.25) is 13.9 Å². The summed E-state index contributed by atoms with van der Waals surface area (Å²) in [6, 6.07) is 0. The standard InChI is InChI=1S/C20H24N10O9/c21-15-9-17(25-3-23-15)29(5-27-9)19(13(35)11(33)7(1-31)37-19)39-20(14(36)12(34)8(2-32)38-20)30-6-28-10-16(22)24-4-26-18(10)30/h3-8,11-14,31-36H,1-2H2,(H2,21,23,25)(H2,22,24,26)/t7-,8-,11-,12-,13-,14-,19+,20+/m1/s1. The SMILES string of the molecule is Nc1ncnc2c1ncn2[C@]1(O[C@@]2(n3cnc4c(N)ncnc43)O[C@H](CO)[C@@H](O)[C@H]2O)O[C@H](CO)[C@@H](O)[C@H]1O. The Kier molecular flexibility index (Phi) is 5.87. The zero-order chi connectivity index (χ0) is 27.7. The minimum atomic E-state index is -2.55. The van der Waals surface area contributed by atoms with Crippen molar-refractivity contribution in [2.24, 2.45) is 0 Å². The van der Waals surface area contributed by atoms with Gasteiger partial charge in [0.25, 0.3) is 11.8 Å². The third-order valence-corrected chi connectivity index (χ3v) is 6.84. The Morgan fingerprint density at radius 1 is 0.718 bits per heavy atom. The molecule has 0 spiro atoms. The highest BCUT2D eigenvalue weighted by Gasteiger charge is 2.67. The molecule has 39 heavy (non-hydrogen) atoms. The van der Waals surface area contributed by atoms with E-state index in [0.717, 1.165) is 34.4 Å². The van der Waals surface area contributed by atoms with Crippen molar-refractivity contribution in [1.82, 2.24) is 39.0 Å². The van der Waals surface area contributed by atoms with Gasteiger partial charge in [-0.15, -0.1) is 0 Å². The van der Waals surface area contributed by atoms with E-state index < -0.39 is 61.7 Å². The van der Waals surface area contributed by atoms with Gasteiger partial charge in [-0.05, 0) is 0 Å². The minimum Gasteiger partial charge on any atom is -0.394 e. The molecule has 208 valence electrons. The fraction of sp³-hybridized carbons (Fsp3) is 0.500. The minimum absolute atomic E-state index is 0.0312. The molecule has 0 saturated carbocycles. The molecule has 4 aromatic heterocycles. The van der Waals surface area contributed by atoms with Crippen molar-refractivity contribution in [3.8, 4) is 0 Å². The van der Waals surface area contributed by atoms with Crippen LogP contribution in [0.5, 0.6) is 0 Å². The predicted molar refractivity (Wildman–Crippen MR) is 124 cm³/mol. The Hall–Kier alpha value is -3.66. The molecule has 0 unspecified atom stereocenters. The maximum absolute atomic E-state index is 11.4. The Labute approximate surface area is 216 Å². The first-order chi connectivity index (χ1) is 18.7. The summed E-state index contributed by atoms with van der Waals surface area (Å²) >= 11 is 0. The highest BCUT2D eigenvalue weighted by atomic mass is 16.8. The Balaban J connectivity index is 1.61. The van der Waals surface area contributed by atoms with E-state index in [-0.39, 0.29) is 34.0 Å². The summed E-state index contributed by atoms with van der Waals surface area (Å²) in [5.74, 6) is -5.17. The molecule has 0 amide bonds. The smallest absolute Gasteiger partial charge is 0.292 e. The molecule has 8 atom stereocenters. The molecule has 2 fully saturated rings. The van der Waals surface area contributed by atoms with Crippen molar-refractivity contribution >= 4 is 34.0 Å². The quantitative estimate of drug-likeness (QED) is 0.112. The van der Waals surface area contributed by atoms with Gasteiger partial charge in [0.15, 0.2) is 35.1 Å². The Morgan fingerprint density at radius 2 is 1.13 bits per heavy atom. The fourth-order valence-electron chi connectivity index (χ4n) is 4.88. The molecule has 6 heterocycles. The number of nitrogens with zero attached hydrogens (tertiary/aromatic N) is 8. The molecule has 19 heteroatoms. The van der Waals surface area contributed by atoms with Gasteiger partial charge in [0, 0.05) is 0 Å². The molecule has 0 aliphatic carbocycles. The summed E-state index contributed by atoms with van der Waals surface area (Å²) in [4.78, 5) is 24.3. The van der Waals surface area contributed by atoms with Gasteiger partial charge in [-0.2, -0.15) is 0 Å². The first kappa shape index (κ1) is 25.6. The molecule has 4 aromatic rings. The van der Waals surface area contributed by atoms with E-state index in [1.165, 1.54) is 0 Å². The van der Waals surface area contributed by atoms with Crippen LogP contribution in [0.25, 0.3) is 22.3 Å². The molecule has 10 N–H and O–H groups in total. The van der Waals surface area contributed by atoms with E-state index in [1.54, 1.807) is 0 Å². The van der Waals surface area contributed by atoms with Gasteiger partial charge < -0.3 is 51.6 Å². The third kappa shape index (κ3) is 3.43. The van der Waals surface area contributed by atoms with Crippen LogP contribution in [-0.4, -0.2) is 120 Å². The predicted octanol–water partition coefficient (Wildman–Crippen LogP) is -4.71. The van der Waals surface area contributed by atoms with Crippen molar-refractivity contribution in [1.29, 1.82) is 0 Å². The van der Waals surface area contributed by atoms with Crippen LogP contribution in [0.2, 0.25) is 0 Å². The molecule has 2 saturated heterocycles. The average molecular weight is 548 g/mol. The van der Waals surface area contributed by atoms with E-state index in [9.17, 15) is 30.6 Å². The van der Waals surface area contributed by atoms with Gasteiger partial charge in [-0.1, -0.05) is 0 Å².